The van der Waals surface area contributed by atoms with E-state index in [1.165, 1.54) is 25.1 Å². The number of aliphatic hydroxyl groups is 1. The van der Waals surface area contributed by atoms with Gasteiger partial charge in [0.25, 0.3) is 0 Å². The summed E-state index contributed by atoms with van der Waals surface area (Å²) in [5.74, 6) is -2.25. The van der Waals surface area contributed by atoms with E-state index in [1.54, 1.807) is 22.7 Å². The smallest absolute Gasteiger partial charge is 0.421 e. The van der Waals surface area contributed by atoms with Gasteiger partial charge in [0.05, 0.1) is 22.9 Å². The summed E-state index contributed by atoms with van der Waals surface area (Å²) < 4.78 is 41.9. The number of carbonyl (C=O) groups is 3. The van der Waals surface area contributed by atoms with Crippen molar-refractivity contribution in [3.63, 3.8) is 0 Å². The molecule has 12 nitrogen and oxygen atoms in total. The number of hydrogen-bond acceptors (Lipinski definition) is 11. The van der Waals surface area contributed by atoms with Crippen LogP contribution >= 0.6 is 11.3 Å². The molecule has 1 unspecified atom stereocenters. The highest BCUT2D eigenvalue weighted by Crippen LogP contribution is 2.52. The zero-order valence-electron chi connectivity index (χ0n) is 24.7. The number of aliphatic hydroxyl groups excluding tert-OH is 1. The second-order valence-corrected chi connectivity index (χ2v) is 14.8. The number of amides is 1. The van der Waals surface area contributed by atoms with Gasteiger partial charge in [0, 0.05) is 30.9 Å². The van der Waals surface area contributed by atoms with Crippen LogP contribution in [0.3, 0.4) is 0 Å². The second kappa shape index (κ2) is 10.8. The molecule has 230 valence electrons. The van der Waals surface area contributed by atoms with Gasteiger partial charge in [-0.05, 0) is 30.0 Å². The van der Waals surface area contributed by atoms with Gasteiger partial charge in [-0.15, -0.1) is 11.3 Å². The van der Waals surface area contributed by atoms with Crippen LogP contribution in [0.25, 0.3) is 10.4 Å². The number of rotatable bonds is 7. The average molecular weight is 632 g/mol. The van der Waals surface area contributed by atoms with Crippen LogP contribution in [0, 0.1) is 11.8 Å². The first-order valence-electron chi connectivity index (χ1n) is 13.6. The summed E-state index contributed by atoms with van der Waals surface area (Å²) in [6.45, 7) is 10.9. The lowest BCUT2D eigenvalue weighted by molar-refractivity contribution is -0.172. The molecule has 5 atom stereocenters. The summed E-state index contributed by atoms with van der Waals surface area (Å²) in [5.41, 5.74) is 1.37. The normalized spacial score (nSPS) is 21.8. The molecule has 2 aliphatic heterocycles. The van der Waals surface area contributed by atoms with Crippen LogP contribution < -0.4 is 4.74 Å². The van der Waals surface area contributed by atoms with E-state index in [2.05, 4.69) is 25.8 Å². The molecule has 14 heteroatoms. The maximum atomic E-state index is 13.6. The van der Waals surface area contributed by atoms with Crippen LogP contribution in [0.5, 0.6) is 5.75 Å². The quantitative estimate of drug-likeness (QED) is 0.176. The Bertz CT molecular complexity index is 1750. The van der Waals surface area contributed by atoms with Crippen molar-refractivity contribution in [1.82, 2.24) is 14.3 Å². The van der Waals surface area contributed by atoms with E-state index < -0.39 is 58.1 Å². The van der Waals surface area contributed by atoms with Crippen LogP contribution in [0.4, 0.5) is 4.79 Å². The van der Waals surface area contributed by atoms with Gasteiger partial charge in [-0.1, -0.05) is 39.8 Å². The topological polar surface area (TPSA) is 154 Å². The number of imidazole rings is 1. The molecule has 0 saturated carbocycles. The first-order chi connectivity index (χ1) is 20.0. The molecule has 4 heterocycles. The molecule has 1 aromatic carbocycles. The minimum absolute atomic E-state index is 0.0562. The summed E-state index contributed by atoms with van der Waals surface area (Å²) in [6, 6.07) is 6.43. The predicted molar refractivity (Wildman–Crippen MR) is 156 cm³/mol. The Morgan fingerprint density at radius 3 is 2.35 bits per heavy atom. The Labute approximate surface area is 252 Å². The van der Waals surface area contributed by atoms with Crippen molar-refractivity contribution in [3.05, 3.63) is 52.9 Å². The van der Waals surface area contributed by atoms with Crippen molar-refractivity contribution in [2.75, 3.05) is 6.26 Å². The van der Waals surface area contributed by atoms with E-state index in [4.69, 9.17) is 14.2 Å². The Morgan fingerprint density at radius 1 is 1.12 bits per heavy atom. The van der Waals surface area contributed by atoms with E-state index in [-0.39, 0.29) is 21.9 Å². The Hall–Kier alpha value is -3.75. The fourth-order valence-corrected chi connectivity index (χ4v) is 7.90. The van der Waals surface area contributed by atoms with Gasteiger partial charge in [0.1, 0.15) is 22.6 Å². The lowest BCUT2D eigenvalue weighted by Gasteiger charge is -2.46. The lowest BCUT2D eigenvalue weighted by Crippen LogP contribution is -2.63. The van der Waals surface area contributed by atoms with Gasteiger partial charge < -0.3 is 24.2 Å². The molecule has 3 aromatic rings. The van der Waals surface area contributed by atoms with Crippen molar-refractivity contribution in [3.8, 4) is 5.75 Å². The number of esters is 1. The van der Waals surface area contributed by atoms with Crippen molar-refractivity contribution in [2.24, 2.45) is 11.8 Å². The lowest BCUT2D eigenvalue weighted by atomic mass is 9.77. The molecule has 5 rings (SSSR count). The van der Waals surface area contributed by atoms with Crippen LogP contribution in [0.1, 0.15) is 52.0 Å². The van der Waals surface area contributed by atoms with Crippen LogP contribution in [0.15, 0.2) is 47.5 Å². The average Bonchev–Trinajstić information content (AvgIpc) is 3.52. The highest BCUT2D eigenvalue weighted by Gasteiger charge is 2.60. The van der Waals surface area contributed by atoms with Crippen molar-refractivity contribution in [1.29, 1.82) is 0 Å². The summed E-state index contributed by atoms with van der Waals surface area (Å²) >= 11 is 1.11. The first-order valence-corrected chi connectivity index (χ1v) is 16.3. The molecular formula is C29H33N3O9S2. The van der Waals surface area contributed by atoms with E-state index in [1.807, 2.05) is 19.1 Å². The highest BCUT2D eigenvalue weighted by atomic mass is 32.2. The van der Waals surface area contributed by atoms with Crippen molar-refractivity contribution < 1.29 is 42.1 Å². The summed E-state index contributed by atoms with van der Waals surface area (Å²) in [6.07, 6.45) is 0.639. The molecule has 1 amide bonds. The summed E-state index contributed by atoms with van der Waals surface area (Å²) in [4.78, 5) is 45.3. The van der Waals surface area contributed by atoms with E-state index >= 15 is 0 Å². The zero-order chi connectivity index (χ0) is 31.6. The largest absolute Gasteiger partial charge is 0.516 e. The van der Waals surface area contributed by atoms with Crippen LogP contribution in [-0.4, -0.2) is 70.5 Å². The Morgan fingerprint density at radius 2 is 1.77 bits per heavy atom. The maximum Gasteiger partial charge on any atom is 0.516 e. The highest BCUT2D eigenvalue weighted by molar-refractivity contribution is 7.91. The number of ether oxygens (including phenoxy) is 3. The van der Waals surface area contributed by atoms with Gasteiger partial charge in [-0.2, -0.15) is 0 Å². The van der Waals surface area contributed by atoms with Gasteiger partial charge >= 0.3 is 12.1 Å². The molecule has 2 aliphatic rings. The standard InChI is InChI=1S/C29H33N3O9S2/c1-14-20(19-12-31-13-30-24(26(31)42-19)43(7,37)38)23(32-22(14)21(15(2)33)25(32)34)27(35)39-16(3)40-28(36)41-18-10-8-17(9-11-18)29(4,5)6/h8-16,21-22,33H,1-7H3/t14-,15+,16?,21+,22+/m0/s1. The summed E-state index contributed by atoms with van der Waals surface area (Å²) in [5, 5.41) is 10.2. The summed E-state index contributed by atoms with van der Waals surface area (Å²) in [7, 11) is -3.62. The molecule has 0 radical (unpaired) electrons. The van der Waals surface area contributed by atoms with Gasteiger partial charge in [-0.3, -0.25) is 9.20 Å². The third-order valence-corrected chi connectivity index (χ3v) is 9.89. The van der Waals surface area contributed by atoms with E-state index in [0.29, 0.717) is 15.3 Å². The molecule has 1 N–H and O–H groups in total. The molecule has 1 fully saturated rings. The Kier molecular flexibility index (Phi) is 7.68. The third-order valence-electron chi connectivity index (χ3n) is 7.62. The molecule has 0 aliphatic carbocycles. The zero-order valence-corrected chi connectivity index (χ0v) is 26.4. The minimum atomic E-state index is -3.62. The number of aromatic nitrogens is 2. The fraction of sp³-hybridized carbons (Fsp3) is 0.448. The van der Waals surface area contributed by atoms with Crippen molar-refractivity contribution >= 4 is 49.6 Å². The predicted octanol–water partition coefficient (Wildman–Crippen LogP) is 3.77. The van der Waals surface area contributed by atoms with Gasteiger partial charge in [-0.25, -0.2) is 23.0 Å². The van der Waals surface area contributed by atoms with E-state index in [0.717, 1.165) is 23.2 Å². The van der Waals surface area contributed by atoms with Gasteiger partial charge in [0.2, 0.25) is 12.2 Å². The number of carbonyl (C=O) groups excluding carboxylic acids is 3. The number of hydrogen-bond donors (Lipinski definition) is 1. The monoisotopic (exact) mass is 631 g/mol. The Balaban J connectivity index is 1.39. The second-order valence-electron chi connectivity index (χ2n) is 11.9. The number of β-lactam (4-membered cyclic amide) rings is 1. The number of fused-ring (bicyclic) bond motifs is 2. The van der Waals surface area contributed by atoms with E-state index in [9.17, 15) is 27.9 Å². The molecule has 0 bridgehead atoms. The molecular weight excluding hydrogens is 598 g/mol. The number of thiazole rings is 1. The minimum Gasteiger partial charge on any atom is -0.421 e. The van der Waals surface area contributed by atoms with Crippen molar-refractivity contribution in [2.45, 2.75) is 70.4 Å². The van der Waals surface area contributed by atoms with Crippen LogP contribution in [0.2, 0.25) is 0 Å². The third kappa shape index (κ3) is 5.54. The first kappa shape index (κ1) is 30.7. The molecule has 0 spiro atoms. The number of benzene rings is 1. The number of nitrogens with zero attached hydrogens (tertiary/aromatic N) is 3. The molecule has 1 saturated heterocycles. The SMILES string of the molecule is CC(OC(=O)Oc1ccc(C(C)(C)C)cc1)OC(=O)C1=C(c2cn3cnc(S(C)(=O)=O)c3s2)[C@H](C)[C@@H]2[C@@H]([C@@H](C)O)C(=O)N12. The number of sulfone groups is 1. The van der Waals surface area contributed by atoms with Crippen LogP contribution in [-0.2, 0) is 34.3 Å². The maximum absolute atomic E-state index is 13.6. The fourth-order valence-electron chi connectivity index (χ4n) is 5.55. The molecule has 43 heavy (non-hydrogen) atoms. The van der Waals surface area contributed by atoms with Gasteiger partial charge in [0.15, 0.2) is 14.9 Å². The molecule has 2 aromatic heterocycles.